The van der Waals surface area contributed by atoms with Crippen molar-refractivity contribution >= 4 is 0 Å². The van der Waals surface area contributed by atoms with Crippen LogP contribution in [0.25, 0.3) is 0 Å². The van der Waals surface area contributed by atoms with Crippen molar-refractivity contribution in [1.82, 2.24) is 0 Å². The van der Waals surface area contributed by atoms with Crippen molar-refractivity contribution in [2.24, 2.45) is 11.7 Å². The summed E-state index contributed by atoms with van der Waals surface area (Å²) in [5.41, 5.74) is 6.42. The van der Waals surface area contributed by atoms with Crippen LogP contribution in [0, 0.1) is 5.92 Å². The van der Waals surface area contributed by atoms with Gasteiger partial charge in [-0.15, -0.1) is 0 Å². The van der Waals surface area contributed by atoms with Crippen LogP contribution in [0.15, 0.2) is 0 Å². The van der Waals surface area contributed by atoms with E-state index in [1.54, 1.807) is 0 Å². The van der Waals surface area contributed by atoms with Crippen molar-refractivity contribution in [2.75, 3.05) is 6.61 Å². The summed E-state index contributed by atoms with van der Waals surface area (Å²) in [6, 6.07) is 0. The minimum atomic E-state index is -0.0335. The Morgan fingerprint density at radius 1 is 1.20 bits per heavy atom. The predicted molar refractivity (Wildman–Crippen MR) is 62.8 cm³/mol. The van der Waals surface area contributed by atoms with Crippen LogP contribution in [0.3, 0.4) is 0 Å². The molecular weight excluding hydrogens is 186 g/mol. The Hall–Kier alpha value is -0.0800. The highest BCUT2D eigenvalue weighted by molar-refractivity contribution is 4.95. The van der Waals surface area contributed by atoms with E-state index in [0.29, 0.717) is 5.92 Å². The Morgan fingerprint density at radius 3 is 2.47 bits per heavy atom. The molecule has 1 aliphatic heterocycles. The summed E-state index contributed by atoms with van der Waals surface area (Å²) in [7, 11) is 0. The summed E-state index contributed by atoms with van der Waals surface area (Å²) < 4.78 is 6.08. The predicted octanol–water partition coefficient (Wildman–Crippen LogP) is 2.85. The fourth-order valence-corrected chi connectivity index (χ4v) is 3.21. The van der Waals surface area contributed by atoms with E-state index in [9.17, 15) is 0 Å². The van der Waals surface area contributed by atoms with E-state index >= 15 is 0 Å². The normalized spacial score (nSPS) is 31.8. The molecule has 1 heterocycles. The molecule has 1 saturated carbocycles. The number of ether oxygens (including phenoxy) is 1. The van der Waals surface area contributed by atoms with Gasteiger partial charge in [-0.25, -0.2) is 0 Å². The molecule has 0 bridgehead atoms. The smallest absolute Gasteiger partial charge is 0.0685 e. The maximum Gasteiger partial charge on any atom is 0.0685 e. The van der Waals surface area contributed by atoms with Crippen molar-refractivity contribution in [1.29, 1.82) is 0 Å². The Balaban J connectivity index is 2.02. The molecule has 1 unspecified atom stereocenters. The summed E-state index contributed by atoms with van der Waals surface area (Å²) in [5, 5.41) is 0. The van der Waals surface area contributed by atoms with Crippen LogP contribution in [0.2, 0.25) is 0 Å². The van der Waals surface area contributed by atoms with Gasteiger partial charge in [-0.2, -0.15) is 0 Å². The first-order chi connectivity index (χ1) is 7.02. The second kappa shape index (κ2) is 4.06. The van der Waals surface area contributed by atoms with E-state index in [2.05, 4.69) is 13.8 Å². The maximum atomic E-state index is 6.24. The first-order valence-electron chi connectivity index (χ1n) is 6.45. The highest BCUT2D eigenvalue weighted by Crippen LogP contribution is 2.42. The summed E-state index contributed by atoms with van der Waals surface area (Å²) >= 11 is 0. The zero-order valence-corrected chi connectivity index (χ0v) is 10.2. The zero-order chi connectivity index (χ0) is 10.9. The van der Waals surface area contributed by atoms with Gasteiger partial charge in [0.05, 0.1) is 5.60 Å². The molecule has 2 nitrogen and oxygen atoms in total. The Bertz CT molecular complexity index is 208. The molecule has 88 valence electrons. The van der Waals surface area contributed by atoms with Gasteiger partial charge in [-0.3, -0.25) is 0 Å². The third kappa shape index (κ3) is 2.54. The Kier molecular flexibility index (Phi) is 3.09. The molecule has 0 aromatic rings. The van der Waals surface area contributed by atoms with Crippen molar-refractivity contribution in [3.8, 4) is 0 Å². The zero-order valence-electron chi connectivity index (χ0n) is 10.2. The second-order valence-electron chi connectivity index (χ2n) is 6.10. The van der Waals surface area contributed by atoms with Crippen LogP contribution in [0.5, 0.6) is 0 Å². The lowest BCUT2D eigenvalue weighted by Gasteiger charge is -2.47. The molecule has 2 N–H and O–H groups in total. The van der Waals surface area contributed by atoms with E-state index in [-0.39, 0.29) is 11.1 Å². The summed E-state index contributed by atoms with van der Waals surface area (Å²) in [4.78, 5) is 0. The van der Waals surface area contributed by atoms with Crippen LogP contribution in [0.1, 0.15) is 58.8 Å². The molecule has 2 heteroatoms. The van der Waals surface area contributed by atoms with Crippen LogP contribution in [-0.4, -0.2) is 17.7 Å². The quantitative estimate of drug-likeness (QED) is 0.724. The molecule has 15 heavy (non-hydrogen) atoms. The summed E-state index contributed by atoms with van der Waals surface area (Å²) in [6.45, 7) is 5.25. The molecule has 0 aromatic carbocycles. The van der Waals surface area contributed by atoms with Crippen LogP contribution in [-0.2, 0) is 4.74 Å². The van der Waals surface area contributed by atoms with E-state index in [1.807, 2.05) is 0 Å². The van der Waals surface area contributed by atoms with Crippen molar-refractivity contribution in [3.63, 3.8) is 0 Å². The highest BCUT2D eigenvalue weighted by atomic mass is 16.5. The van der Waals surface area contributed by atoms with E-state index in [0.717, 1.165) is 13.0 Å². The minimum absolute atomic E-state index is 0.0335. The standard InChI is InChI=1S/C13H25NO/c1-12(2,14)11-6-9-15-13(10-11)7-4-3-5-8-13/h11H,3-10,14H2,1-2H3. The number of rotatable bonds is 1. The van der Waals surface area contributed by atoms with Gasteiger partial charge in [0, 0.05) is 12.1 Å². The van der Waals surface area contributed by atoms with Crippen LogP contribution >= 0.6 is 0 Å². The van der Waals surface area contributed by atoms with Gasteiger partial charge in [-0.05, 0) is 45.4 Å². The van der Waals surface area contributed by atoms with E-state index < -0.39 is 0 Å². The molecule has 2 aliphatic rings. The Morgan fingerprint density at radius 2 is 1.87 bits per heavy atom. The molecule has 0 amide bonds. The largest absolute Gasteiger partial charge is 0.375 e. The number of nitrogens with two attached hydrogens (primary N) is 1. The van der Waals surface area contributed by atoms with E-state index in [4.69, 9.17) is 10.5 Å². The third-order valence-electron chi connectivity index (χ3n) is 4.31. The minimum Gasteiger partial charge on any atom is -0.375 e. The van der Waals surface area contributed by atoms with Gasteiger partial charge in [-0.1, -0.05) is 19.3 Å². The first-order valence-corrected chi connectivity index (χ1v) is 6.45. The lowest BCUT2D eigenvalue weighted by molar-refractivity contribution is -0.125. The van der Waals surface area contributed by atoms with Gasteiger partial charge < -0.3 is 10.5 Å². The molecular formula is C13H25NO. The number of hydrogen-bond donors (Lipinski definition) is 1. The topological polar surface area (TPSA) is 35.2 Å². The SMILES string of the molecule is CC(C)(N)C1CCOC2(CCCCC2)C1. The van der Waals surface area contributed by atoms with Gasteiger partial charge >= 0.3 is 0 Å². The molecule has 1 saturated heterocycles. The lowest BCUT2D eigenvalue weighted by atomic mass is 9.71. The van der Waals surface area contributed by atoms with Crippen LogP contribution < -0.4 is 5.73 Å². The monoisotopic (exact) mass is 211 g/mol. The van der Waals surface area contributed by atoms with Crippen molar-refractivity contribution in [3.05, 3.63) is 0 Å². The summed E-state index contributed by atoms with van der Waals surface area (Å²) in [5.74, 6) is 0.643. The average molecular weight is 211 g/mol. The second-order valence-corrected chi connectivity index (χ2v) is 6.10. The molecule has 0 radical (unpaired) electrons. The third-order valence-corrected chi connectivity index (χ3v) is 4.31. The van der Waals surface area contributed by atoms with Gasteiger partial charge in [0.15, 0.2) is 0 Å². The highest BCUT2D eigenvalue weighted by Gasteiger charge is 2.41. The molecule has 1 aliphatic carbocycles. The van der Waals surface area contributed by atoms with Gasteiger partial charge in [0.1, 0.15) is 0 Å². The molecule has 1 spiro atoms. The molecule has 2 rings (SSSR count). The van der Waals surface area contributed by atoms with Gasteiger partial charge in [0.25, 0.3) is 0 Å². The molecule has 2 fully saturated rings. The summed E-state index contributed by atoms with van der Waals surface area (Å²) in [6.07, 6.45) is 8.94. The van der Waals surface area contributed by atoms with Crippen molar-refractivity contribution < 1.29 is 4.74 Å². The fourth-order valence-electron chi connectivity index (χ4n) is 3.21. The van der Waals surface area contributed by atoms with Crippen molar-refractivity contribution in [2.45, 2.75) is 69.9 Å². The lowest BCUT2D eigenvalue weighted by Crippen LogP contribution is -2.50. The maximum absolute atomic E-state index is 6.24. The first kappa shape index (κ1) is 11.4. The molecule has 0 aromatic heterocycles. The number of hydrogen-bond acceptors (Lipinski definition) is 2. The Labute approximate surface area is 93.6 Å². The molecule has 1 atom stereocenters. The fraction of sp³-hybridized carbons (Fsp3) is 1.00. The van der Waals surface area contributed by atoms with Gasteiger partial charge in [0.2, 0.25) is 0 Å². The van der Waals surface area contributed by atoms with Crippen LogP contribution in [0.4, 0.5) is 0 Å². The average Bonchev–Trinajstić information content (AvgIpc) is 2.18. The van der Waals surface area contributed by atoms with E-state index in [1.165, 1.54) is 38.5 Å².